The van der Waals surface area contributed by atoms with Crippen molar-refractivity contribution in [3.05, 3.63) is 106 Å². The van der Waals surface area contributed by atoms with E-state index in [2.05, 4.69) is 0 Å². The van der Waals surface area contributed by atoms with Crippen molar-refractivity contribution in [2.45, 2.75) is 98.8 Å². The molecule has 0 unspecified atom stereocenters. The van der Waals surface area contributed by atoms with E-state index >= 15 is 0 Å². The maximum absolute atomic E-state index is 13.6. The molecule has 0 saturated carbocycles. The Morgan fingerprint density at radius 2 is 0.607 bits per heavy atom. The smallest absolute Gasteiger partial charge is 0.410 e. The Balaban J connectivity index is 1.99. The summed E-state index contributed by atoms with van der Waals surface area (Å²) in [4.78, 5) is 81.9. The molecule has 3 N–H and O–H groups in total. The van der Waals surface area contributed by atoms with Crippen molar-refractivity contribution < 1.29 is 58.3 Å². The molecular formula is C45H60N4O12. The minimum atomic E-state index is -1.08. The number of rotatable bonds is 18. The van der Waals surface area contributed by atoms with Crippen LogP contribution < -0.4 is 0 Å². The molecule has 0 fully saturated rings. The van der Waals surface area contributed by atoms with Crippen molar-refractivity contribution in [1.29, 1.82) is 0 Å². The molecule has 0 aromatic heterocycles. The number of carbonyl (C=O) groups excluding carboxylic acids is 3. The van der Waals surface area contributed by atoms with Crippen LogP contribution in [0.15, 0.2) is 72.8 Å². The summed E-state index contributed by atoms with van der Waals surface area (Å²) in [6, 6.07) is 18.5. The van der Waals surface area contributed by atoms with Gasteiger partial charge in [-0.25, -0.2) is 28.8 Å². The normalized spacial score (nSPS) is 11.7. The first-order chi connectivity index (χ1) is 28.3. The summed E-state index contributed by atoms with van der Waals surface area (Å²) in [5, 5.41) is 28.2. The van der Waals surface area contributed by atoms with Crippen molar-refractivity contribution in [2.24, 2.45) is 0 Å². The number of carboxylic acid groups (broad SMARTS) is 3. The van der Waals surface area contributed by atoms with Crippen LogP contribution in [0.4, 0.5) is 14.4 Å². The molecule has 0 aliphatic carbocycles. The second-order valence-corrected chi connectivity index (χ2v) is 17.6. The lowest BCUT2D eigenvalue weighted by Gasteiger charge is -2.33. The highest BCUT2D eigenvalue weighted by Gasteiger charge is 2.27. The first kappa shape index (κ1) is 49.2. The third-order valence-corrected chi connectivity index (χ3v) is 8.74. The zero-order valence-corrected chi connectivity index (χ0v) is 36.6. The highest BCUT2D eigenvalue weighted by atomic mass is 16.6. The monoisotopic (exact) mass is 848 g/mol. The summed E-state index contributed by atoms with van der Waals surface area (Å²) in [5.74, 6) is -3.25. The molecule has 0 atom stereocenters. The van der Waals surface area contributed by atoms with Gasteiger partial charge in [0.25, 0.3) is 0 Å². The quantitative estimate of drug-likeness (QED) is 0.105. The number of benzene rings is 3. The number of carboxylic acids is 3. The minimum absolute atomic E-state index is 0.0927. The Morgan fingerprint density at radius 1 is 0.393 bits per heavy atom. The van der Waals surface area contributed by atoms with Crippen LogP contribution in [-0.2, 0) is 33.8 Å². The summed E-state index contributed by atoms with van der Waals surface area (Å²) >= 11 is 0. The van der Waals surface area contributed by atoms with E-state index in [-0.39, 0.29) is 75.6 Å². The molecule has 0 aliphatic heterocycles. The van der Waals surface area contributed by atoms with Gasteiger partial charge in [0.05, 0.1) is 16.7 Å². The first-order valence-corrected chi connectivity index (χ1v) is 19.9. The number of aromatic carboxylic acids is 3. The third-order valence-electron chi connectivity index (χ3n) is 8.74. The second kappa shape index (κ2) is 21.4. The Morgan fingerprint density at radius 3 is 0.787 bits per heavy atom. The molecule has 0 saturated heterocycles. The predicted molar refractivity (Wildman–Crippen MR) is 227 cm³/mol. The van der Waals surface area contributed by atoms with Gasteiger partial charge in [0.2, 0.25) is 0 Å². The maximum atomic E-state index is 13.6. The molecule has 16 heteroatoms. The summed E-state index contributed by atoms with van der Waals surface area (Å²) in [6.45, 7) is 17.1. The number of nitrogens with zero attached hydrogens (tertiary/aromatic N) is 4. The highest BCUT2D eigenvalue weighted by Crippen LogP contribution is 2.18. The van der Waals surface area contributed by atoms with Crippen LogP contribution in [0.25, 0.3) is 0 Å². The molecule has 0 radical (unpaired) electrons. The zero-order chi connectivity index (χ0) is 45.7. The standard InChI is InChI=1S/C45H60N4O12/c1-43(2,3)59-40(56)47(28-31-10-16-34(17-11-31)37(50)51)25-22-46(23-26-48(41(57)60-44(4,5)6)29-32-12-18-35(19-13-32)38(52)53)24-27-49(42(58)61-45(7,8)9)30-33-14-20-36(21-15-33)39(54)55/h10-21H,22-30H2,1-9H3,(H,50,51)(H,52,53)(H,54,55). The van der Waals surface area contributed by atoms with Gasteiger partial charge in [0, 0.05) is 58.9 Å². The van der Waals surface area contributed by atoms with E-state index in [1.54, 1.807) is 98.7 Å². The highest BCUT2D eigenvalue weighted by molar-refractivity contribution is 5.88. The Labute approximate surface area is 357 Å². The topological polar surface area (TPSA) is 204 Å². The lowest BCUT2D eigenvalue weighted by molar-refractivity contribution is 0.0165. The average Bonchev–Trinajstić information content (AvgIpc) is 3.14. The molecule has 3 amide bonds. The summed E-state index contributed by atoms with van der Waals surface area (Å²) < 4.78 is 17.3. The molecule has 3 aromatic rings. The Kier molecular flexibility index (Phi) is 17.3. The van der Waals surface area contributed by atoms with Gasteiger partial charge in [-0.2, -0.15) is 0 Å². The van der Waals surface area contributed by atoms with E-state index in [1.165, 1.54) is 51.1 Å². The van der Waals surface area contributed by atoms with E-state index in [1.807, 2.05) is 4.90 Å². The SMILES string of the molecule is CC(C)(C)OC(=O)N(CCN(CCN(Cc1ccc(C(=O)O)cc1)C(=O)OC(C)(C)C)CCN(Cc1ccc(C(=O)O)cc1)C(=O)OC(C)(C)C)Cc1ccc(C(=O)O)cc1. The third kappa shape index (κ3) is 17.9. The number of carbonyl (C=O) groups is 6. The van der Waals surface area contributed by atoms with Gasteiger partial charge >= 0.3 is 36.2 Å². The van der Waals surface area contributed by atoms with Crippen molar-refractivity contribution in [3.63, 3.8) is 0 Å². The lowest BCUT2D eigenvalue weighted by atomic mass is 10.1. The summed E-state index contributed by atoms with van der Waals surface area (Å²) in [5.41, 5.74) is -0.192. The summed E-state index contributed by atoms with van der Waals surface area (Å²) in [6.07, 6.45) is -1.81. The van der Waals surface area contributed by atoms with E-state index in [9.17, 15) is 44.1 Å². The van der Waals surface area contributed by atoms with E-state index in [0.717, 1.165) is 0 Å². The molecule has 16 nitrogen and oxygen atoms in total. The first-order valence-electron chi connectivity index (χ1n) is 19.9. The molecule has 0 spiro atoms. The minimum Gasteiger partial charge on any atom is -0.478 e. The van der Waals surface area contributed by atoms with Crippen LogP contribution in [0.5, 0.6) is 0 Å². The molecule has 0 heterocycles. The van der Waals surface area contributed by atoms with Gasteiger partial charge in [-0.1, -0.05) is 36.4 Å². The number of ether oxygens (including phenoxy) is 3. The van der Waals surface area contributed by atoms with Crippen LogP contribution in [0.2, 0.25) is 0 Å². The van der Waals surface area contributed by atoms with Gasteiger partial charge in [-0.05, 0) is 115 Å². The van der Waals surface area contributed by atoms with Gasteiger partial charge in [0.1, 0.15) is 16.8 Å². The Bertz CT molecular complexity index is 1740. The fourth-order valence-electron chi connectivity index (χ4n) is 5.73. The van der Waals surface area contributed by atoms with E-state index < -0.39 is 53.0 Å². The molecule has 3 rings (SSSR count). The fraction of sp³-hybridized carbons (Fsp3) is 0.467. The van der Waals surface area contributed by atoms with Gasteiger partial charge in [-0.15, -0.1) is 0 Å². The van der Waals surface area contributed by atoms with Crippen molar-refractivity contribution in [3.8, 4) is 0 Å². The maximum Gasteiger partial charge on any atom is 0.410 e. The van der Waals surface area contributed by atoms with Crippen molar-refractivity contribution >= 4 is 36.2 Å². The van der Waals surface area contributed by atoms with Crippen LogP contribution in [0.3, 0.4) is 0 Å². The van der Waals surface area contributed by atoms with Crippen LogP contribution in [0.1, 0.15) is 110 Å². The van der Waals surface area contributed by atoms with E-state index in [4.69, 9.17) is 14.2 Å². The van der Waals surface area contributed by atoms with Crippen LogP contribution in [-0.4, -0.2) is 127 Å². The fourth-order valence-corrected chi connectivity index (χ4v) is 5.73. The number of hydrogen-bond acceptors (Lipinski definition) is 10. The zero-order valence-electron chi connectivity index (χ0n) is 36.6. The number of amides is 3. The van der Waals surface area contributed by atoms with Crippen molar-refractivity contribution in [2.75, 3.05) is 39.3 Å². The Hall–Kier alpha value is -6.16. The molecule has 3 aromatic carbocycles. The number of hydrogen-bond donors (Lipinski definition) is 3. The molecule has 332 valence electrons. The lowest BCUT2D eigenvalue weighted by Crippen LogP contribution is -2.47. The van der Waals surface area contributed by atoms with Crippen LogP contribution >= 0.6 is 0 Å². The molecule has 61 heavy (non-hydrogen) atoms. The molecule has 0 aliphatic rings. The van der Waals surface area contributed by atoms with E-state index in [0.29, 0.717) is 16.7 Å². The predicted octanol–water partition coefficient (Wildman–Crippen LogP) is 7.69. The van der Waals surface area contributed by atoms with Crippen molar-refractivity contribution in [1.82, 2.24) is 19.6 Å². The van der Waals surface area contributed by atoms with Gasteiger partial charge in [-0.3, -0.25) is 4.90 Å². The largest absolute Gasteiger partial charge is 0.478 e. The summed E-state index contributed by atoms with van der Waals surface area (Å²) in [7, 11) is 0. The average molecular weight is 849 g/mol. The molecule has 0 bridgehead atoms. The van der Waals surface area contributed by atoms with Gasteiger partial charge < -0.3 is 44.2 Å². The molecular weight excluding hydrogens is 789 g/mol. The van der Waals surface area contributed by atoms with Crippen LogP contribution in [0, 0.1) is 0 Å². The van der Waals surface area contributed by atoms with Gasteiger partial charge in [0.15, 0.2) is 0 Å². The second-order valence-electron chi connectivity index (χ2n) is 17.6.